The van der Waals surface area contributed by atoms with Gasteiger partial charge in [-0.05, 0) is 24.1 Å². The largest absolute Gasteiger partial charge is 0.259 e. The molecule has 0 radical (unpaired) electrons. The minimum atomic E-state index is -0.301. The highest BCUT2D eigenvalue weighted by atomic mass is 35.5. The molecule has 17 heavy (non-hydrogen) atoms. The predicted octanol–water partition coefficient (Wildman–Crippen LogP) is 4.54. The Balaban J connectivity index is 2.75. The van der Waals surface area contributed by atoms with Crippen LogP contribution >= 0.6 is 11.6 Å². The Kier molecular flexibility index (Phi) is 5.70. The average molecular weight is 254 g/mol. The summed E-state index contributed by atoms with van der Waals surface area (Å²) in [6.07, 6.45) is 5.07. The topological polar surface area (TPSA) is 43.1 Å². The second kappa shape index (κ2) is 7.07. The van der Waals surface area contributed by atoms with Gasteiger partial charge in [0.15, 0.2) is 0 Å². The summed E-state index contributed by atoms with van der Waals surface area (Å²) in [6, 6.07) is 7.03. The molecule has 92 valence electrons. The zero-order valence-electron chi connectivity index (χ0n) is 9.86. The van der Waals surface area contributed by atoms with Crippen molar-refractivity contribution in [2.24, 2.45) is 0 Å². The number of nitrogens with zero attached hydrogens (tertiary/aromatic N) is 1. The molecule has 0 aromatic heterocycles. The summed E-state index contributed by atoms with van der Waals surface area (Å²) < 4.78 is 0. The average Bonchev–Trinajstić information content (AvgIpc) is 2.30. The third-order valence-electron chi connectivity index (χ3n) is 2.47. The Bertz CT molecular complexity index is 398. The van der Waals surface area contributed by atoms with Crippen molar-refractivity contribution in [3.63, 3.8) is 0 Å². The number of unbranched alkanes of at least 4 members (excludes halogenated alkanes) is 2. The van der Waals surface area contributed by atoms with Crippen molar-refractivity contribution in [3.8, 4) is 0 Å². The molecule has 0 spiro atoms. The molecular weight excluding hydrogens is 238 g/mol. The number of hydrogen-bond acceptors (Lipinski definition) is 2. The highest BCUT2D eigenvalue weighted by Gasteiger charge is 2.09. The monoisotopic (exact) mass is 253 g/mol. The maximum absolute atomic E-state index is 10.9. The lowest BCUT2D eigenvalue weighted by atomic mass is 10.1. The third kappa shape index (κ3) is 5.00. The zero-order chi connectivity index (χ0) is 12.7. The van der Waals surface area contributed by atoms with E-state index < -0.39 is 0 Å². The van der Waals surface area contributed by atoms with Gasteiger partial charge in [-0.25, -0.2) is 0 Å². The van der Waals surface area contributed by atoms with Crippen molar-refractivity contribution < 1.29 is 4.92 Å². The summed E-state index contributed by atoms with van der Waals surface area (Å²) in [5.41, 5.74) is 1.08. The molecule has 0 fully saturated rings. The van der Waals surface area contributed by atoms with Gasteiger partial charge in [0, 0.05) is 17.5 Å². The van der Waals surface area contributed by atoms with E-state index in [-0.39, 0.29) is 10.6 Å². The van der Waals surface area contributed by atoms with Gasteiger partial charge >= 0.3 is 0 Å². The SMILES string of the molecule is CCCCC/C(=C\c1ccc(Cl)cc1)[N+](=O)[O-]. The molecule has 1 rings (SSSR count). The van der Waals surface area contributed by atoms with Crippen LogP contribution in [-0.2, 0) is 0 Å². The summed E-state index contributed by atoms with van der Waals surface area (Å²) in [5.74, 6) is 0. The van der Waals surface area contributed by atoms with E-state index in [0.717, 1.165) is 24.8 Å². The van der Waals surface area contributed by atoms with Crippen molar-refractivity contribution in [1.29, 1.82) is 0 Å². The number of nitro groups is 1. The molecule has 0 aliphatic rings. The van der Waals surface area contributed by atoms with Gasteiger partial charge in [-0.3, -0.25) is 10.1 Å². The van der Waals surface area contributed by atoms with E-state index in [4.69, 9.17) is 11.6 Å². The molecule has 0 saturated carbocycles. The molecule has 0 heterocycles. The van der Waals surface area contributed by atoms with Gasteiger partial charge in [0.2, 0.25) is 5.70 Å². The van der Waals surface area contributed by atoms with Crippen LogP contribution in [-0.4, -0.2) is 4.92 Å². The lowest BCUT2D eigenvalue weighted by molar-refractivity contribution is -0.426. The first-order valence-corrected chi connectivity index (χ1v) is 6.12. The molecule has 0 saturated heterocycles. The van der Waals surface area contributed by atoms with Crippen LogP contribution in [0.3, 0.4) is 0 Å². The Morgan fingerprint density at radius 3 is 2.53 bits per heavy atom. The van der Waals surface area contributed by atoms with Gasteiger partial charge in [-0.15, -0.1) is 0 Å². The summed E-state index contributed by atoms with van der Waals surface area (Å²) in [6.45, 7) is 2.08. The fraction of sp³-hybridized carbons (Fsp3) is 0.385. The van der Waals surface area contributed by atoms with E-state index in [1.807, 2.05) is 0 Å². The second-order valence-electron chi connectivity index (χ2n) is 3.90. The normalized spacial score (nSPS) is 11.5. The molecule has 1 aromatic rings. The Labute approximate surface area is 106 Å². The van der Waals surface area contributed by atoms with Crippen molar-refractivity contribution in [3.05, 3.63) is 50.7 Å². The Morgan fingerprint density at radius 1 is 1.35 bits per heavy atom. The molecule has 4 heteroatoms. The molecular formula is C13H16ClNO2. The Morgan fingerprint density at radius 2 is 2.00 bits per heavy atom. The van der Waals surface area contributed by atoms with E-state index in [1.54, 1.807) is 30.3 Å². The number of allylic oxidation sites excluding steroid dienone is 1. The molecule has 0 amide bonds. The first-order valence-electron chi connectivity index (χ1n) is 5.74. The molecule has 1 aromatic carbocycles. The lowest BCUT2D eigenvalue weighted by Gasteiger charge is -1.99. The number of benzene rings is 1. The molecule has 0 aliphatic heterocycles. The smallest absolute Gasteiger partial charge is 0.246 e. The second-order valence-corrected chi connectivity index (χ2v) is 4.34. The number of rotatable bonds is 6. The van der Waals surface area contributed by atoms with Crippen molar-refractivity contribution >= 4 is 17.7 Å². The zero-order valence-corrected chi connectivity index (χ0v) is 10.6. The van der Waals surface area contributed by atoms with Crippen LogP contribution in [0.2, 0.25) is 5.02 Å². The third-order valence-corrected chi connectivity index (χ3v) is 2.73. The lowest BCUT2D eigenvalue weighted by Crippen LogP contribution is -1.98. The van der Waals surface area contributed by atoms with E-state index >= 15 is 0 Å². The number of hydrogen-bond donors (Lipinski definition) is 0. The van der Waals surface area contributed by atoms with Crippen LogP contribution in [0.1, 0.15) is 38.2 Å². The van der Waals surface area contributed by atoms with Crippen molar-refractivity contribution in [2.45, 2.75) is 32.6 Å². The highest BCUT2D eigenvalue weighted by molar-refractivity contribution is 6.30. The summed E-state index contributed by atoms with van der Waals surface area (Å²) in [5, 5.41) is 11.5. The van der Waals surface area contributed by atoms with Crippen LogP contribution in [0.25, 0.3) is 6.08 Å². The van der Waals surface area contributed by atoms with E-state index in [0.29, 0.717) is 11.4 Å². The van der Waals surface area contributed by atoms with E-state index in [9.17, 15) is 10.1 Å². The minimum absolute atomic E-state index is 0.265. The van der Waals surface area contributed by atoms with Gasteiger partial charge in [-0.2, -0.15) is 0 Å². The van der Waals surface area contributed by atoms with Gasteiger partial charge < -0.3 is 0 Å². The maximum Gasteiger partial charge on any atom is 0.246 e. The quantitative estimate of drug-likeness (QED) is 0.424. The first kappa shape index (κ1) is 13.7. The molecule has 0 bridgehead atoms. The van der Waals surface area contributed by atoms with E-state index in [1.165, 1.54) is 0 Å². The van der Waals surface area contributed by atoms with Crippen molar-refractivity contribution in [1.82, 2.24) is 0 Å². The van der Waals surface area contributed by atoms with Crippen LogP contribution in [0.5, 0.6) is 0 Å². The maximum atomic E-state index is 10.9. The molecule has 0 aliphatic carbocycles. The highest BCUT2D eigenvalue weighted by Crippen LogP contribution is 2.16. The fourth-order valence-corrected chi connectivity index (χ4v) is 1.65. The van der Waals surface area contributed by atoms with Gasteiger partial charge in [0.1, 0.15) is 0 Å². The molecule has 3 nitrogen and oxygen atoms in total. The Hall–Kier alpha value is -1.35. The van der Waals surface area contributed by atoms with E-state index in [2.05, 4.69) is 6.92 Å². The summed E-state index contributed by atoms with van der Waals surface area (Å²) >= 11 is 5.76. The molecule has 0 atom stereocenters. The standard InChI is InChI=1S/C13H16ClNO2/c1-2-3-4-5-13(15(16)17)10-11-6-8-12(14)9-7-11/h6-10H,2-5H2,1H3/b13-10+. The van der Waals surface area contributed by atoms with Gasteiger partial charge in [0.25, 0.3) is 0 Å². The van der Waals surface area contributed by atoms with Crippen LogP contribution < -0.4 is 0 Å². The summed E-state index contributed by atoms with van der Waals surface area (Å²) in [7, 11) is 0. The predicted molar refractivity (Wildman–Crippen MR) is 70.6 cm³/mol. The minimum Gasteiger partial charge on any atom is -0.259 e. The number of halogens is 1. The van der Waals surface area contributed by atoms with Crippen molar-refractivity contribution in [2.75, 3.05) is 0 Å². The molecule has 0 unspecified atom stereocenters. The van der Waals surface area contributed by atoms with Gasteiger partial charge in [0.05, 0.1) is 4.92 Å². The first-order chi connectivity index (χ1) is 8.13. The van der Waals surface area contributed by atoms with Crippen LogP contribution in [0.4, 0.5) is 0 Å². The van der Waals surface area contributed by atoms with Crippen LogP contribution in [0, 0.1) is 10.1 Å². The fourth-order valence-electron chi connectivity index (χ4n) is 1.52. The molecule has 0 N–H and O–H groups in total. The summed E-state index contributed by atoms with van der Waals surface area (Å²) in [4.78, 5) is 10.6. The van der Waals surface area contributed by atoms with Crippen LogP contribution in [0.15, 0.2) is 30.0 Å². The van der Waals surface area contributed by atoms with Gasteiger partial charge in [-0.1, -0.05) is 43.5 Å².